The maximum absolute atomic E-state index is 12.5. The fourth-order valence-electron chi connectivity index (χ4n) is 0.796. The third kappa shape index (κ3) is 2.19. The minimum Gasteiger partial charge on any atom is -0.204 e. The molecule has 60 valence electrons. The van der Waals surface area contributed by atoms with E-state index in [2.05, 4.69) is 0 Å². The highest BCUT2D eigenvalue weighted by atomic mass is 32.2. The monoisotopic (exact) mass is 174 g/mol. The first-order chi connectivity index (χ1) is 5.24. The minimum atomic E-state index is -0.783. The molecule has 3 heteroatoms. The smallest absolute Gasteiger partial charge is 0.159 e. The van der Waals surface area contributed by atoms with Gasteiger partial charge in [0.25, 0.3) is 0 Å². The lowest BCUT2D eigenvalue weighted by molar-refractivity contribution is 0.507. The largest absolute Gasteiger partial charge is 0.204 e. The van der Waals surface area contributed by atoms with Gasteiger partial charge in [0.2, 0.25) is 0 Å². The number of hydrogen-bond acceptors (Lipinski definition) is 1. The van der Waals surface area contributed by atoms with E-state index in [1.807, 2.05) is 6.26 Å². The average molecular weight is 174 g/mol. The van der Waals surface area contributed by atoms with Crippen molar-refractivity contribution in [2.75, 3.05) is 6.26 Å². The fourth-order valence-corrected chi connectivity index (χ4v) is 1.31. The lowest BCUT2D eigenvalue weighted by atomic mass is 10.2. The molecule has 0 N–H and O–H groups in total. The molecule has 0 aromatic heterocycles. The number of hydrogen-bond donors (Lipinski definition) is 0. The third-order valence-corrected chi connectivity index (χ3v) is 1.92. The third-order valence-electron chi connectivity index (χ3n) is 1.30. The van der Waals surface area contributed by atoms with Gasteiger partial charge in [-0.2, -0.15) is 11.8 Å². The summed E-state index contributed by atoms with van der Waals surface area (Å²) in [6.45, 7) is 0. The van der Waals surface area contributed by atoms with Crippen molar-refractivity contribution < 1.29 is 8.78 Å². The van der Waals surface area contributed by atoms with E-state index >= 15 is 0 Å². The Labute approximate surface area is 68.6 Å². The maximum atomic E-state index is 12.5. The van der Waals surface area contributed by atoms with Gasteiger partial charge in [0.05, 0.1) is 0 Å². The predicted molar refractivity (Wildman–Crippen MR) is 43.6 cm³/mol. The highest BCUT2D eigenvalue weighted by molar-refractivity contribution is 7.97. The standard InChI is InChI=1S/C8H8F2S/c1-11-5-6-2-3-7(9)8(10)4-6/h2-4H,5H2,1H3. The summed E-state index contributed by atoms with van der Waals surface area (Å²) >= 11 is 1.58. The van der Waals surface area contributed by atoms with E-state index in [9.17, 15) is 8.78 Å². The SMILES string of the molecule is CSCc1ccc(F)c(F)c1. The molecule has 0 saturated carbocycles. The molecule has 0 atom stereocenters. The van der Waals surface area contributed by atoms with Gasteiger partial charge < -0.3 is 0 Å². The van der Waals surface area contributed by atoms with Crippen LogP contribution < -0.4 is 0 Å². The van der Waals surface area contributed by atoms with Crippen LogP contribution in [0.1, 0.15) is 5.56 Å². The fraction of sp³-hybridized carbons (Fsp3) is 0.250. The molecule has 0 heterocycles. The van der Waals surface area contributed by atoms with Crippen LogP contribution in [-0.4, -0.2) is 6.26 Å². The van der Waals surface area contributed by atoms with Crippen molar-refractivity contribution in [1.29, 1.82) is 0 Å². The van der Waals surface area contributed by atoms with Crippen molar-refractivity contribution in [1.82, 2.24) is 0 Å². The van der Waals surface area contributed by atoms with E-state index in [0.717, 1.165) is 17.4 Å². The number of halogens is 2. The van der Waals surface area contributed by atoms with Crippen LogP contribution in [0.15, 0.2) is 18.2 Å². The van der Waals surface area contributed by atoms with E-state index in [0.29, 0.717) is 0 Å². The number of thioether (sulfide) groups is 1. The van der Waals surface area contributed by atoms with Crippen molar-refractivity contribution in [3.63, 3.8) is 0 Å². The van der Waals surface area contributed by atoms with E-state index in [-0.39, 0.29) is 0 Å². The Kier molecular flexibility index (Phi) is 2.88. The van der Waals surface area contributed by atoms with Gasteiger partial charge in [-0.25, -0.2) is 8.78 Å². The number of benzene rings is 1. The number of rotatable bonds is 2. The molecule has 0 amide bonds. The van der Waals surface area contributed by atoms with Gasteiger partial charge in [-0.05, 0) is 24.0 Å². The zero-order valence-electron chi connectivity index (χ0n) is 6.10. The van der Waals surface area contributed by atoms with Gasteiger partial charge in [0, 0.05) is 5.75 Å². The molecule has 0 aliphatic rings. The lowest BCUT2D eigenvalue weighted by Gasteiger charge is -1.97. The van der Waals surface area contributed by atoms with Crippen LogP contribution in [0.3, 0.4) is 0 Å². The summed E-state index contributed by atoms with van der Waals surface area (Å²) < 4.78 is 24.9. The summed E-state index contributed by atoms with van der Waals surface area (Å²) in [5.74, 6) is -0.830. The van der Waals surface area contributed by atoms with Crippen LogP contribution in [0.25, 0.3) is 0 Å². The van der Waals surface area contributed by atoms with Gasteiger partial charge in [0.15, 0.2) is 11.6 Å². The second-order valence-corrected chi connectivity index (χ2v) is 3.05. The summed E-state index contributed by atoms with van der Waals surface area (Å²) in [4.78, 5) is 0. The van der Waals surface area contributed by atoms with E-state index in [4.69, 9.17) is 0 Å². The van der Waals surface area contributed by atoms with Crippen molar-refractivity contribution in [3.05, 3.63) is 35.4 Å². The molecule has 0 aliphatic carbocycles. The first-order valence-corrected chi connectivity index (χ1v) is 4.56. The van der Waals surface area contributed by atoms with Crippen LogP contribution in [0.5, 0.6) is 0 Å². The van der Waals surface area contributed by atoms with Crippen molar-refractivity contribution in [2.45, 2.75) is 5.75 Å². The summed E-state index contributed by atoms with van der Waals surface area (Å²) in [5, 5.41) is 0. The van der Waals surface area contributed by atoms with Crippen LogP contribution in [0, 0.1) is 11.6 Å². The molecule has 0 saturated heterocycles. The summed E-state index contributed by atoms with van der Waals surface area (Å²) in [7, 11) is 0. The molecular weight excluding hydrogens is 166 g/mol. The highest BCUT2D eigenvalue weighted by Crippen LogP contribution is 2.12. The molecule has 1 aromatic rings. The first-order valence-electron chi connectivity index (χ1n) is 3.17. The quantitative estimate of drug-likeness (QED) is 0.664. The molecule has 0 nitrogen and oxygen atoms in total. The van der Waals surface area contributed by atoms with E-state index in [1.54, 1.807) is 17.8 Å². The predicted octanol–water partition coefficient (Wildman–Crippen LogP) is 2.83. The molecule has 0 radical (unpaired) electrons. The van der Waals surface area contributed by atoms with Crippen LogP contribution in [0.4, 0.5) is 8.78 Å². The highest BCUT2D eigenvalue weighted by Gasteiger charge is 2.00. The maximum Gasteiger partial charge on any atom is 0.159 e. The van der Waals surface area contributed by atoms with Gasteiger partial charge in [-0.15, -0.1) is 0 Å². The average Bonchev–Trinajstić information content (AvgIpc) is 1.98. The minimum absolute atomic E-state index is 0.719. The van der Waals surface area contributed by atoms with Gasteiger partial charge >= 0.3 is 0 Å². The second kappa shape index (κ2) is 3.72. The van der Waals surface area contributed by atoms with E-state index < -0.39 is 11.6 Å². The van der Waals surface area contributed by atoms with Gasteiger partial charge in [0.1, 0.15) is 0 Å². The molecule has 0 unspecified atom stereocenters. The first kappa shape index (κ1) is 8.53. The summed E-state index contributed by atoms with van der Waals surface area (Å²) in [6.07, 6.45) is 1.92. The van der Waals surface area contributed by atoms with E-state index in [1.165, 1.54) is 6.07 Å². The molecule has 1 rings (SSSR count). The second-order valence-electron chi connectivity index (χ2n) is 2.18. The summed E-state index contributed by atoms with van der Waals surface area (Å²) in [6, 6.07) is 3.97. The van der Waals surface area contributed by atoms with Crippen LogP contribution >= 0.6 is 11.8 Å². The Bertz CT molecular complexity index is 248. The van der Waals surface area contributed by atoms with Gasteiger partial charge in [-0.3, -0.25) is 0 Å². The molecule has 0 aliphatic heterocycles. The Balaban J connectivity index is 2.86. The lowest BCUT2D eigenvalue weighted by Crippen LogP contribution is -1.86. The zero-order chi connectivity index (χ0) is 8.27. The summed E-state index contributed by atoms with van der Waals surface area (Å²) in [5.41, 5.74) is 0.816. The molecule has 11 heavy (non-hydrogen) atoms. The zero-order valence-corrected chi connectivity index (χ0v) is 6.92. The molecule has 1 aromatic carbocycles. The van der Waals surface area contributed by atoms with Crippen molar-refractivity contribution >= 4 is 11.8 Å². The molecular formula is C8H8F2S. The van der Waals surface area contributed by atoms with Crippen molar-refractivity contribution in [2.24, 2.45) is 0 Å². The Morgan fingerprint density at radius 1 is 1.27 bits per heavy atom. The Morgan fingerprint density at radius 3 is 2.55 bits per heavy atom. The topological polar surface area (TPSA) is 0 Å². The molecule has 0 spiro atoms. The Hall–Kier alpha value is -0.570. The molecule has 0 bridgehead atoms. The van der Waals surface area contributed by atoms with Crippen LogP contribution in [0.2, 0.25) is 0 Å². The Morgan fingerprint density at radius 2 is 2.00 bits per heavy atom. The molecule has 0 fully saturated rings. The normalized spacial score (nSPS) is 10.1. The van der Waals surface area contributed by atoms with Gasteiger partial charge in [-0.1, -0.05) is 6.07 Å². The van der Waals surface area contributed by atoms with Crippen molar-refractivity contribution in [3.8, 4) is 0 Å². The van der Waals surface area contributed by atoms with Crippen LogP contribution in [-0.2, 0) is 5.75 Å².